The zero-order valence-corrected chi connectivity index (χ0v) is 18.1. The van der Waals surface area contributed by atoms with Gasteiger partial charge in [-0.25, -0.2) is 8.51 Å². The molecule has 0 spiro atoms. The van der Waals surface area contributed by atoms with Crippen LogP contribution in [0.25, 0.3) is 0 Å². The Morgan fingerprint density at radius 2 is 1.96 bits per heavy atom. The predicted molar refractivity (Wildman–Crippen MR) is 113 cm³/mol. The molecule has 10 heteroatoms. The molecule has 0 radical (unpaired) electrons. The molecule has 0 saturated heterocycles. The normalized spacial score (nSPS) is 12.0. The van der Waals surface area contributed by atoms with Crippen molar-refractivity contribution in [3.63, 3.8) is 0 Å². The van der Waals surface area contributed by atoms with E-state index in [0.29, 0.717) is 6.61 Å². The van der Waals surface area contributed by atoms with E-state index < -0.39 is 11.0 Å². The van der Waals surface area contributed by atoms with Crippen LogP contribution < -0.4 is 15.0 Å². The van der Waals surface area contributed by atoms with Gasteiger partial charge in [-0.1, -0.05) is 24.7 Å². The van der Waals surface area contributed by atoms with Crippen molar-refractivity contribution in [3.8, 4) is 11.6 Å². The lowest BCUT2D eigenvalue weighted by Crippen LogP contribution is -2.31. The fraction of sp³-hybridized carbons (Fsp3) is 0.444. The zero-order chi connectivity index (χ0) is 20.7. The second kappa shape index (κ2) is 10.4. The maximum Gasteiger partial charge on any atom is 0.247 e. The van der Waals surface area contributed by atoms with E-state index in [2.05, 4.69) is 17.2 Å². The third kappa shape index (κ3) is 5.91. The molecule has 0 aliphatic carbocycles. The molecule has 8 nitrogen and oxygen atoms in total. The Bertz CT molecular complexity index is 808. The van der Waals surface area contributed by atoms with Gasteiger partial charge in [-0.2, -0.15) is 4.98 Å². The number of carbonyl (C=O) groups is 1. The number of hydrogen-bond donors (Lipinski definition) is 2. The number of amides is 1. The largest absolute Gasteiger partial charge is 0.494 e. The smallest absolute Gasteiger partial charge is 0.247 e. The molecule has 2 aromatic rings. The van der Waals surface area contributed by atoms with Gasteiger partial charge < -0.3 is 15.2 Å². The number of nitrogens with one attached hydrogen (secondary N) is 1. The van der Waals surface area contributed by atoms with Crippen LogP contribution in [-0.4, -0.2) is 58.8 Å². The van der Waals surface area contributed by atoms with E-state index in [4.69, 9.17) is 4.74 Å². The monoisotopic (exact) mass is 426 g/mol. The number of thiazole rings is 1. The first-order valence-corrected chi connectivity index (χ1v) is 10.8. The number of likely N-dealkylation sites (N-methyl/N-ethyl adjacent to an activating group) is 1. The second-order valence-electron chi connectivity index (χ2n) is 6.20. The molecule has 1 unspecified atom stereocenters. The zero-order valence-electron chi connectivity index (χ0n) is 16.5. The van der Waals surface area contributed by atoms with Crippen molar-refractivity contribution in [1.29, 1.82) is 0 Å². The van der Waals surface area contributed by atoms with Gasteiger partial charge in [0.15, 0.2) is 9.34 Å². The summed E-state index contributed by atoms with van der Waals surface area (Å²) in [6, 6.07) is 7.41. The summed E-state index contributed by atoms with van der Waals surface area (Å²) in [5.41, 5.74) is 0.793. The van der Waals surface area contributed by atoms with E-state index in [0.717, 1.165) is 35.6 Å². The lowest BCUT2D eigenvalue weighted by Gasteiger charge is -2.15. The Morgan fingerprint density at radius 1 is 1.29 bits per heavy atom. The number of anilines is 2. The molecule has 0 saturated carbocycles. The van der Waals surface area contributed by atoms with Crippen LogP contribution in [0.3, 0.4) is 0 Å². The highest BCUT2D eigenvalue weighted by Crippen LogP contribution is 2.33. The molecule has 154 valence electrons. The molecule has 1 aromatic heterocycles. The van der Waals surface area contributed by atoms with Gasteiger partial charge in [-0.05, 0) is 44.8 Å². The van der Waals surface area contributed by atoms with Crippen molar-refractivity contribution in [1.82, 2.24) is 9.29 Å². The maximum atomic E-state index is 12.4. The predicted octanol–water partition coefficient (Wildman–Crippen LogP) is 2.69. The lowest BCUT2D eigenvalue weighted by molar-refractivity contribution is -0.116. The Hall–Kier alpha value is -2.17. The third-order valence-electron chi connectivity index (χ3n) is 3.78. The van der Waals surface area contributed by atoms with Crippen LogP contribution in [0, 0.1) is 0 Å². The van der Waals surface area contributed by atoms with Crippen molar-refractivity contribution in [2.45, 2.75) is 24.0 Å². The number of ether oxygens (including phenoxy) is 1. The van der Waals surface area contributed by atoms with Crippen LogP contribution in [0.1, 0.15) is 19.8 Å². The Kier molecular flexibility index (Phi) is 8.21. The average molecular weight is 427 g/mol. The molecule has 2 N–H and O–H groups in total. The Labute approximate surface area is 171 Å². The summed E-state index contributed by atoms with van der Waals surface area (Å²) in [4.78, 5) is 17.7. The van der Waals surface area contributed by atoms with Gasteiger partial charge in [0.25, 0.3) is 0 Å². The fourth-order valence-corrected chi connectivity index (χ4v) is 4.28. The lowest BCUT2D eigenvalue weighted by atomic mass is 10.3. The Balaban J connectivity index is 1.92. The maximum absolute atomic E-state index is 12.4. The molecule has 2 rings (SSSR count). The topological polar surface area (TPSA) is 95.0 Å². The van der Waals surface area contributed by atoms with Crippen LogP contribution in [-0.2, 0) is 15.8 Å². The third-order valence-corrected chi connectivity index (χ3v) is 6.54. The number of carbonyl (C=O) groups excluding carboxylic acids is 1. The fourth-order valence-electron chi connectivity index (χ4n) is 2.12. The minimum Gasteiger partial charge on any atom is -0.494 e. The molecular weight excluding hydrogens is 400 g/mol. The quantitative estimate of drug-likeness (QED) is 0.567. The first-order valence-electron chi connectivity index (χ1n) is 8.85. The van der Waals surface area contributed by atoms with Crippen molar-refractivity contribution in [2.24, 2.45) is 0 Å². The summed E-state index contributed by atoms with van der Waals surface area (Å²) in [6.45, 7) is 2.85. The standard InChI is InChI=1S/C18H26N4O4S2/c1-5-6-11-26-14-9-7-13(8-10-14)19-12-15(23)22(4)18-20-16(24)17(27-18)28(25)21(2)3/h7-10,19,24H,5-6,11-12H2,1-4H3. The first-order chi connectivity index (χ1) is 13.3. The highest BCUT2D eigenvalue weighted by atomic mass is 32.2. The molecular formula is C18H26N4O4S2. The average Bonchev–Trinajstić information content (AvgIpc) is 3.07. The van der Waals surface area contributed by atoms with E-state index in [1.54, 1.807) is 21.1 Å². The van der Waals surface area contributed by atoms with Crippen molar-refractivity contribution in [3.05, 3.63) is 24.3 Å². The number of benzene rings is 1. The first kappa shape index (κ1) is 22.1. The Morgan fingerprint density at radius 3 is 2.57 bits per heavy atom. The SMILES string of the molecule is CCCCOc1ccc(NCC(=O)N(C)c2nc(O)c(S(=O)N(C)C)s2)cc1. The van der Waals surface area contributed by atoms with Gasteiger partial charge in [0, 0.05) is 12.7 Å². The van der Waals surface area contributed by atoms with Crippen LogP contribution in [0.5, 0.6) is 11.6 Å². The van der Waals surface area contributed by atoms with E-state index in [1.165, 1.54) is 9.21 Å². The summed E-state index contributed by atoms with van der Waals surface area (Å²) >= 11 is 1.02. The molecule has 0 aliphatic rings. The van der Waals surface area contributed by atoms with Gasteiger partial charge in [-0.15, -0.1) is 0 Å². The molecule has 1 atom stereocenters. The molecule has 28 heavy (non-hydrogen) atoms. The van der Waals surface area contributed by atoms with E-state index in [-0.39, 0.29) is 27.7 Å². The van der Waals surface area contributed by atoms with Gasteiger partial charge in [0.2, 0.25) is 11.8 Å². The van der Waals surface area contributed by atoms with Crippen molar-refractivity contribution < 1.29 is 18.8 Å². The van der Waals surface area contributed by atoms with Crippen molar-refractivity contribution in [2.75, 3.05) is 44.5 Å². The van der Waals surface area contributed by atoms with Crippen LogP contribution in [0.15, 0.2) is 28.5 Å². The molecule has 0 bridgehead atoms. The number of aromatic nitrogens is 1. The van der Waals surface area contributed by atoms with E-state index in [1.807, 2.05) is 24.3 Å². The molecule has 1 aromatic carbocycles. The minimum absolute atomic E-state index is 0.0545. The molecule has 1 heterocycles. The van der Waals surface area contributed by atoms with Crippen molar-refractivity contribution >= 4 is 39.0 Å². The number of aromatic hydroxyl groups is 1. The van der Waals surface area contributed by atoms with Gasteiger partial charge in [-0.3, -0.25) is 9.69 Å². The van der Waals surface area contributed by atoms with Gasteiger partial charge in [0.05, 0.1) is 13.2 Å². The highest BCUT2D eigenvalue weighted by Gasteiger charge is 2.22. The summed E-state index contributed by atoms with van der Waals surface area (Å²) in [5.74, 6) is 0.236. The van der Waals surface area contributed by atoms with Crippen LogP contribution in [0.4, 0.5) is 10.8 Å². The summed E-state index contributed by atoms with van der Waals surface area (Å²) in [5, 5.41) is 13.2. The van der Waals surface area contributed by atoms with E-state index in [9.17, 15) is 14.1 Å². The summed E-state index contributed by atoms with van der Waals surface area (Å²) in [7, 11) is 3.31. The number of hydrogen-bond acceptors (Lipinski definition) is 7. The van der Waals surface area contributed by atoms with Gasteiger partial charge in [0.1, 0.15) is 16.7 Å². The summed E-state index contributed by atoms with van der Waals surface area (Å²) in [6.07, 6.45) is 2.09. The van der Waals surface area contributed by atoms with Crippen LogP contribution >= 0.6 is 11.3 Å². The minimum atomic E-state index is -1.52. The molecule has 0 fully saturated rings. The highest BCUT2D eigenvalue weighted by molar-refractivity contribution is 7.85. The summed E-state index contributed by atoms with van der Waals surface area (Å²) < 4.78 is 19.4. The number of unbranched alkanes of at least 4 members (excludes halogenated alkanes) is 1. The molecule has 1 amide bonds. The van der Waals surface area contributed by atoms with Crippen LogP contribution in [0.2, 0.25) is 0 Å². The van der Waals surface area contributed by atoms with E-state index >= 15 is 0 Å². The number of rotatable bonds is 10. The number of nitrogens with zero attached hydrogens (tertiary/aromatic N) is 3. The van der Waals surface area contributed by atoms with Gasteiger partial charge >= 0.3 is 0 Å². The molecule has 0 aliphatic heterocycles. The second-order valence-corrected chi connectivity index (χ2v) is 9.07.